The molecule has 8 nitrogen and oxygen atoms in total. The lowest BCUT2D eigenvalue weighted by molar-refractivity contribution is -0.142. The third-order valence-corrected chi connectivity index (χ3v) is 5.08. The Morgan fingerprint density at radius 2 is 1.70 bits per heavy atom. The minimum absolute atomic E-state index is 0.148. The molecule has 1 heterocycles. The summed E-state index contributed by atoms with van der Waals surface area (Å²) < 4.78 is 28.6. The van der Waals surface area contributed by atoms with Crippen molar-refractivity contribution in [1.82, 2.24) is 4.73 Å². The Bertz CT molecular complexity index is 751. The fourth-order valence-corrected chi connectivity index (χ4v) is 3.20. The van der Waals surface area contributed by atoms with Gasteiger partial charge in [-0.05, 0) is 5.56 Å². The van der Waals surface area contributed by atoms with Crippen LogP contribution < -0.4 is 4.84 Å². The van der Waals surface area contributed by atoms with E-state index in [0.29, 0.717) is 10.3 Å². The maximum atomic E-state index is 11.7. The quantitative estimate of drug-likeness (QED) is 0.705. The van der Waals surface area contributed by atoms with E-state index in [4.69, 9.17) is 4.18 Å². The molecule has 0 atom stereocenters. The van der Waals surface area contributed by atoms with E-state index in [1.54, 1.807) is 30.3 Å². The zero-order valence-corrected chi connectivity index (χ0v) is 13.3. The second-order valence-corrected chi connectivity index (χ2v) is 7.73. The van der Waals surface area contributed by atoms with Crippen LogP contribution >= 0.6 is 10.8 Å². The summed E-state index contributed by atoms with van der Waals surface area (Å²) in [6.07, 6.45) is 0. The van der Waals surface area contributed by atoms with Gasteiger partial charge in [0, 0.05) is 22.9 Å². The molecule has 2 N–H and O–H groups in total. The van der Waals surface area contributed by atoms with Gasteiger partial charge in [-0.1, -0.05) is 30.3 Å². The number of rotatable bonds is 7. The van der Waals surface area contributed by atoms with Crippen molar-refractivity contribution < 1.29 is 32.4 Å². The van der Waals surface area contributed by atoms with Crippen LogP contribution in [0.5, 0.6) is 11.8 Å². The van der Waals surface area contributed by atoms with E-state index in [1.165, 1.54) is 0 Å². The number of hydrogen-bond acceptors (Lipinski definition) is 8. The Kier molecular flexibility index (Phi) is 5.53. The van der Waals surface area contributed by atoms with E-state index in [0.717, 1.165) is 12.1 Å². The molecule has 0 aliphatic heterocycles. The molecule has 124 valence electrons. The highest BCUT2D eigenvalue weighted by Crippen LogP contribution is 2.20. The Balaban J connectivity index is 1.83. The Hall–Kier alpha value is -2.17. The van der Waals surface area contributed by atoms with Gasteiger partial charge >= 0.3 is 15.1 Å². The van der Waals surface area contributed by atoms with Crippen molar-refractivity contribution in [2.45, 2.75) is 6.61 Å². The highest BCUT2D eigenvalue weighted by Gasteiger charge is 2.18. The summed E-state index contributed by atoms with van der Waals surface area (Å²) in [5, 5.41) is 18.6. The largest absolute Gasteiger partial charge is 0.492 e. The van der Waals surface area contributed by atoms with Crippen LogP contribution in [0.1, 0.15) is 5.56 Å². The minimum atomic E-state index is -3.99. The van der Waals surface area contributed by atoms with Crippen LogP contribution in [0.2, 0.25) is 0 Å². The average Bonchev–Trinajstić information content (AvgIpc) is 2.84. The molecule has 0 radical (unpaired) electrons. The van der Waals surface area contributed by atoms with Gasteiger partial charge in [0.25, 0.3) is 0 Å². The Morgan fingerprint density at radius 3 is 2.30 bits per heavy atom. The van der Waals surface area contributed by atoms with Gasteiger partial charge < -0.3 is 15.1 Å². The van der Waals surface area contributed by atoms with Crippen LogP contribution in [-0.4, -0.2) is 35.1 Å². The van der Waals surface area contributed by atoms with Gasteiger partial charge in [0.1, 0.15) is 5.75 Å². The number of carbonyl (C=O) groups excluding carboxylic acids is 1. The highest BCUT2D eigenvalue weighted by molar-refractivity contribution is 8.70. The Labute approximate surface area is 135 Å². The lowest BCUT2D eigenvalue weighted by Crippen LogP contribution is -2.21. The lowest BCUT2D eigenvalue weighted by Gasteiger charge is -2.07. The van der Waals surface area contributed by atoms with Gasteiger partial charge in [-0.15, -0.1) is 4.73 Å². The summed E-state index contributed by atoms with van der Waals surface area (Å²) in [4.78, 5) is 16.1. The molecular weight excluding hydrogens is 346 g/mol. The van der Waals surface area contributed by atoms with Gasteiger partial charge in [-0.3, -0.25) is 4.18 Å². The third-order valence-electron chi connectivity index (χ3n) is 2.52. The predicted octanol–water partition coefficient (Wildman–Crippen LogP) is 1.05. The van der Waals surface area contributed by atoms with Crippen LogP contribution in [-0.2, 0) is 24.7 Å². The topological polar surface area (TPSA) is 115 Å². The SMILES string of the molecule is O=C(CSS(=O)(=O)OCc1ccccc1)On1c(O)ccc1O. The smallest absolute Gasteiger partial charge is 0.344 e. The molecule has 0 saturated heterocycles. The normalized spacial score (nSPS) is 11.3. The van der Waals surface area contributed by atoms with E-state index in [2.05, 4.69) is 4.84 Å². The first-order valence-corrected chi connectivity index (χ1v) is 9.17. The first-order chi connectivity index (χ1) is 10.9. The van der Waals surface area contributed by atoms with Crippen LogP contribution in [0.15, 0.2) is 42.5 Å². The fourth-order valence-electron chi connectivity index (χ4n) is 1.49. The van der Waals surface area contributed by atoms with Crippen molar-refractivity contribution in [2.75, 3.05) is 5.75 Å². The molecule has 1 aromatic heterocycles. The molecule has 0 fully saturated rings. The molecule has 10 heteroatoms. The van der Waals surface area contributed by atoms with Crippen LogP contribution in [0.4, 0.5) is 0 Å². The number of hydrogen-bond donors (Lipinski definition) is 2. The number of nitrogens with zero attached hydrogens (tertiary/aromatic N) is 1. The van der Waals surface area contributed by atoms with Gasteiger partial charge in [0.2, 0.25) is 11.8 Å². The third kappa shape index (κ3) is 5.20. The molecule has 0 unspecified atom stereocenters. The van der Waals surface area contributed by atoms with E-state index < -0.39 is 32.6 Å². The number of benzene rings is 1. The van der Waals surface area contributed by atoms with E-state index >= 15 is 0 Å². The molecule has 2 rings (SSSR count). The zero-order chi connectivity index (χ0) is 16.9. The summed E-state index contributed by atoms with van der Waals surface area (Å²) in [7, 11) is -3.75. The molecule has 0 aliphatic rings. The molecular formula is C13H13NO7S2. The maximum Gasteiger partial charge on any atom is 0.344 e. The monoisotopic (exact) mass is 359 g/mol. The molecule has 0 amide bonds. The van der Waals surface area contributed by atoms with E-state index in [1.807, 2.05) is 0 Å². The van der Waals surface area contributed by atoms with Crippen molar-refractivity contribution >= 4 is 25.9 Å². The van der Waals surface area contributed by atoms with Crippen LogP contribution in [0.25, 0.3) is 0 Å². The summed E-state index contributed by atoms with van der Waals surface area (Å²) in [5.74, 6) is -2.55. The van der Waals surface area contributed by atoms with Crippen molar-refractivity contribution in [3.63, 3.8) is 0 Å². The number of aromatic nitrogens is 1. The Morgan fingerprint density at radius 1 is 1.09 bits per heavy atom. The molecule has 23 heavy (non-hydrogen) atoms. The summed E-state index contributed by atoms with van der Waals surface area (Å²) in [5.41, 5.74) is 0.668. The van der Waals surface area contributed by atoms with Crippen molar-refractivity contribution in [2.24, 2.45) is 0 Å². The van der Waals surface area contributed by atoms with Crippen molar-refractivity contribution in [1.29, 1.82) is 0 Å². The summed E-state index contributed by atoms with van der Waals surface area (Å²) in [6.45, 7) is -0.148. The minimum Gasteiger partial charge on any atom is -0.492 e. The zero-order valence-electron chi connectivity index (χ0n) is 11.7. The van der Waals surface area contributed by atoms with Gasteiger partial charge in [-0.25, -0.2) is 4.79 Å². The lowest BCUT2D eigenvalue weighted by atomic mass is 10.2. The molecule has 0 saturated carbocycles. The first kappa shape index (κ1) is 17.2. The number of carbonyl (C=O) groups is 1. The second-order valence-electron chi connectivity index (χ2n) is 4.23. The van der Waals surface area contributed by atoms with Gasteiger partial charge in [0.05, 0.1) is 6.61 Å². The molecule has 2 aromatic rings. The van der Waals surface area contributed by atoms with E-state index in [-0.39, 0.29) is 17.4 Å². The second kappa shape index (κ2) is 7.40. The molecule has 0 aliphatic carbocycles. The van der Waals surface area contributed by atoms with Crippen LogP contribution in [0, 0.1) is 0 Å². The average molecular weight is 359 g/mol. The van der Waals surface area contributed by atoms with Gasteiger partial charge in [-0.2, -0.15) is 8.42 Å². The molecule has 0 spiro atoms. The fraction of sp³-hybridized carbons (Fsp3) is 0.154. The van der Waals surface area contributed by atoms with Crippen molar-refractivity contribution in [3.05, 3.63) is 48.0 Å². The summed E-state index contributed by atoms with van der Waals surface area (Å²) in [6, 6.07) is 10.9. The first-order valence-electron chi connectivity index (χ1n) is 6.26. The van der Waals surface area contributed by atoms with E-state index in [9.17, 15) is 23.4 Å². The highest BCUT2D eigenvalue weighted by atomic mass is 33.1. The van der Waals surface area contributed by atoms with Crippen molar-refractivity contribution in [3.8, 4) is 11.8 Å². The number of aromatic hydroxyl groups is 2. The summed E-state index contributed by atoms with van der Waals surface area (Å²) >= 11 is 0. The molecule has 1 aromatic carbocycles. The standard InChI is InChI=1S/C13H13NO7S2/c15-11-6-7-12(16)14(11)21-13(17)9-22-23(18,19)20-8-10-4-2-1-3-5-10/h1-7,15-16H,8-9H2. The molecule has 0 bridgehead atoms. The van der Waals surface area contributed by atoms with Crippen LogP contribution in [0.3, 0.4) is 0 Å². The predicted molar refractivity (Wildman–Crippen MR) is 82.0 cm³/mol. The maximum absolute atomic E-state index is 11.7. The van der Waals surface area contributed by atoms with Gasteiger partial charge in [0.15, 0.2) is 0 Å².